The Morgan fingerprint density at radius 2 is 1.92 bits per heavy atom. The quantitative estimate of drug-likeness (QED) is 0.773. The van der Waals surface area contributed by atoms with E-state index in [0.29, 0.717) is 12.3 Å². The lowest BCUT2D eigenvalue weighted by Gasteiger charge is -2.16. The molecule has 0 aliphatic heterocycles. The Kier molecular flexibility index (Phi) is 6.01. The van der Waals surface area contributed by atoms with Crippen molar-refractivity contribution in [3.05, 3.63) is 66.2 Å². The van der Waals surface area contributed by atoms with Gasteiger partial charge in [-0.2, -0.15) is 0 Å². The summed E-state index contributed by atoms with van der Waals surface area (Å²) < 4.78 is 11.2. The van der Waals surface area contributed by atoms with Crippen LogP contribution in [0, 0.1) is 13.8 Å². The van der Waals surface area contributed by atoms with Crippen LogP contribution in [-0.2, 0) is 4.79 Å². The summed E-state index contributed by atoms with van der Waals surface area (Å²) in [4.78, 5) is 12.3. The first-order chi connectivity index (χ1) is 11.5. The van der Waals surface area contributed by atoms with E-state index in [9.17, 15) is 4.79 Å². The van der Waals surface area contributed by atoms with E-state index in [4.69, 9.17) is 9.47 Å². The fraction of sp³-hybridized carbons (Fsp3) is 0.250. The Labute approximate surface area is 143 Å². The van der Waals surface area contributed by atoms with E-state index in [1.807, 2.05) is 32.0 Å². The Morgan fingerprint density at radius 3 is 2.54 bits per heavy atom. The van der Waals surface area contributed by atoms with E-state index in [2.05, 4.69) is 11.9 Å². The van der Waals surface area contributed by atoms with Crippen molar-refractivity contribution in [3.63, 3.8) is 0 Å². The van der Waals surface area contributed by atoms with Crippen LogP contribution in [-0.4, -0.2) is 18.6 Å². The van der Waals surface area contributed by atoms with Crippen LogP contribution in [0.15, 0.2) is 55.1 Å². The molecule has 0 saturated heterocycles. The van der Waals surface area contributed by atoms with Crippen molar-refractivity contribution in [2.45, 2.75) is 26.9 Å². The first-order valence-electron chi connectivity index (χ1n) is 7.88. The molecule has 2 aromatic rings. The van der Waals surface area contributed by atoms with Crippen LogP contribution < -0.4 is 14.8 Å². The molecule has 0 aliphatic rings. The molecule has 0 aliphatic carbocycles. The number of carbonyl (C=O) groups excluding carboxylic acids is 1. The zero-order valence-corrected chi connectivity index (χ0v) is 14.3. The standard InChI is InChI=1S/C20H23NO3/c1-5-12-23-18-9-7-17(8-10-18)21-20(22)16(4)24-19-11-6-14(2)13-15(19)3/h5-11,13,16H,1,12H2,2-4H3,(H,21,22)/t16-/m1/s1. The van der Waals surface area contributed by atoms with Crippen molar-refractivity contribution >= 4 is 11.6 Å². The molecule has 2 rings (SSSR count). The number of benzene rings is 2. The van der Waals surface area contributed by atoms with Crippen LogP contribution in [0.4, 0.5) is 5.69 Å². The van der Waals surface area contributed by atoms with Crippen molar-refractivity contribution in [2.75, 3.05) is 11.9 Å². The van der Waals surface area contributed by atoms with Crippen molar-refractivity contribution in [2.24, 2.45) is 0 Å². The molecule has 0 heterocycles. The van der Waals surface area contributed by atoms with Gasteiger partial charge in [-0.1, -0.05) is 30.4 Å². The van der Waals surface area contributed by atoms with Gasteiger partial charge < -0.3 is 14.8 Å². The summed E-state index contributed by atoms with van der Waals surface area (Å²) in [6.07, 6.45) is 1.09. The number of aryl methyl sites for hydroxylation is 2. The summed E-state index contributed by atoms with van der Waals surface area (Å²) in [5.74, 6) is 1.25. The number of carbonyl (C=O) groups is 1. The minimum Gasteiger partial charge on any atom is -0.490 e. The Bertz CT molecular complexity index is 707. The van der Waals surface area contributed by atoms with Crippen LogP contribution in [0.3, 0.4) is 0 Å². The van der Waals surface area contributed by atoms with Crippen molar-refractivity contribution in [3.8, 4) is 11.5 Å². The molecule has 1 amide bonds. The van der Waals surface area contributed by atoms with E-state index >= 15 is 0 Å². The fourth-order valence-corrected chi connectivity index (χ4v) is 2.21. The highest BCUT2D eigenvalue weighted by Gasteiger charge is 2.16. The van der Waals surface area contributed by atoms with Gasteiger partial charge in [-0.25, -0.2) is 0 Å². The molecule has 0 bridgehead atoms. The highest BCUT2D eigenvalue weighted by molar-refractivity contribution is 5.94. The number of nitrogens with one attached hydrogen (secondary N) is 1. The molecule has 0 saturated carbocycles. The molecule has 4 nitrogen and oxygen atoms in total. The minimum absolute atomic E-state index is 0.199. The maximum Gasteiger partial charge on any atom is 0.265 e. The molecular weight excluding hydrogens is 302 g/mol. The van der Waals surface area contributed by atoms with Gasteiger partial charge in [-0.05, 0) is 56.7 Å². The number of ether oxygens (including phenoxy) is 2. The fourth-order valence-electron chi connectivity index (χ4n) is 2.21. The summed E-state index contributed by atoms with van der Waals surface area (Å²) in [7, 11) is 0. The third-order valence-corrected chi connectivity index (χ3v) is 3.49. The molecular formula is C20H23NO3. The van der Waals surface area contributed by atoms with Crippen LogP contribution in [0.1, 0.15) is 18.1 Å². The number of hydrogen-bond acceptors (Lipinski definition) is 3. The number of anilines is 1. The second-order valence-corrected chi connectivity index (χ2v) is 5.64. The Morgan fingerprint density at radius 1 is 1.21 bits per heavy atom. The summed E-state index contributed by atoms with van der Waals surface area (Å²) >= 11 is 0. The molecule has 0 radical (unpaired) electrons. The van der Waals surface area contributed by atoms with E-state index in [1.54, 1.807) is 37.3 Å². The number of rotatable bonds is 7. The molecule has 4 heteroatoms. The van der Waals surface area contributed by atoms with Crippen LogP contribution >= 0.6 is 0 Å². The normalized spacial score (nSPS) is 11.5. The van der Waals surface area contributed by atoms with E-state index in [1.165, 1.54) is 0 Å². The third-order valence-electron chi connectivity index (χ3n) is 3.49. The van der Waals surface area contributed by atoms with Gasteiger partial charge in [0.05, 0.1) is 0 Å². The number of hydrogen-bond donors (Lipinski definition) is 1. The second-order valence-electron chi connectivity index (χ2n) is 5.64. The van der Waals surface area contributed by atoms with Crippen molar-refractivity contribution < 1.29 is 14.3 Å². The molecule has 0 aromatic heterocycles. The molecule has 2 aromatic carbocycles. The Hall–Kier alpha value is -2.75. The molecule has 1 N–H and O–H groups in total. The van der Waals surface area contributed by atoms with Crippen molar-refractivity contribution in [1.29, 1.82) is 0 Å². The predicted octanol–water partition coefficient (Wildman–Crippen LogP) is 4.27. The maximum absolute atomic E-state index is 12.3. The van der Waals surface area contributed by atoms with Gasteiger partial charge in [-0.3, -0.25) is 4.79 Å². The first-order valence-corrected chi connectivity index (χ1v) is 7.88. The van der Waals surface area contributed by atoms with E-state index < -0.39 is 6.10 Å². The van der Waals surface area contributed by atoms with Crippen LogP contribution in [0.2, 0.25) is 0 Å². The minimum atomic E-state index is -0.594. The molecule has 0 fully saturated rings. The summed E-state index contributed by atoms with van der Waals surface area (Å²) in [5, 5.41) is 2.84. The van der Waals surface area contributed by atoms with Gasteiger partial charge in [0.2, 0.25) is 0 Å². The van der Waals surface area contributed by atoms with E-state index in [0.717, 1.165) is 22.6 Å². The van der Waals surface area contributed by atoms with Gasteiger partial charge in [0.15, 0.2) is 6.10 Å². The average Bonchev–Trinajstić information content (AvgIpc) is 2.56. The highest BCUT2D eigenvalue weighted by atomic mass is 16.5. The predicted molar refractivity (Wildman–Crippen MR) is 96.8 cm³/mol. The molecule has 24 heavy (non-hydrogen) atoms. The lowest BCUT2D eigenvalue weighted by molar-refractivity contribution is -0.122. The van der Waals surface area contributed by atoms with E-state index in [-0.39, 0.29) is 5.91 Å². The largest absolute Gasteiger partial charge is 0.490 e. The summed E-state index contributed by atoms with van der Waals surface area (Å²) in [5.41, 5.74) is 2.87. The van der Waals surface area contributed by atoms with Gasteiger partial charge in [0.25, 0.3) is 5.91 Å². The lowest BCUT2D eigenvalue weighted by Crippen LogP contribution is -2.30. The Balaban J connectivity index is 1.94. The first kappa shape index (κ1) is 17.6. The van der Waals surface area contributed by atoms with Crippen LogP contribution in [0.5, 0.6) is 11.5 Å². The SMILES string of the molecule is C=CCOc1ccc(NC(=O)[C@@H](C)Oc2ccc(C)cc2C)cc1. The molecule has 126 valence electrons. The lowest BCUT2D eigenvalue weighted by atomic mass is 10.1. The van der Waals surface area contributed by atoms with Gasteiger partial charge in [0, 0.05) is 5.69 Å². The van der Waals surface area contributed by atoms with Gasteiger partial charge >= 0.3 is 0 Å². The van der Waals surface area contributed by atoms with Gasteiger partial charge in [-0.15, -0.1) is 0 Å². The average molecular weight is 325 g/mol. The zero-order valence-electron chi connectivity index (χ0n) is 14.3. The molecule has 0 unspecified atom stereocenters. The smallest absolute Gasteiger partial charge is 0.265 e. The van der Waals surface area contributed by atoms with Crippen molar-refractivity contribution in [1.82, 2.24) is 0 Å². The second kappa shape index (κ2) is 8.20. The van der Waals surface area contributed by atoms with Crippen LogP contribution in [0.25, 0.3) is 0 Å². The molecule has 0 spiro atoms. The summed E-state index contributed by atoms with van der Waals surface area (Å²) in [6, 6.07) is 13.1. The summed E-state index contributed by atoms with van der Waals surface area (Å²) in [6.45, 7) is 9.78. The topological polar surface area (TPSA) is 47.6 Å². The molecule has 1 atom stereocenters. The maximum atomic E-state index is 12.3. The zero-order chi connectivity index (χ0) is 17.5. The monoisotopic (exact) mass is 325 g/mol. The highest BCUT2D eigenvalue weighted by Crippen LogP contribution is 2.21. The van der Waals surface area contributed by atoms with Gasteiger partial charge in [0.1, 0.15) is 18.1 Å². The number of amides is 1. The third kappa shape index (κ3) is 4.88.